The summed E-state index contributed by atoms with van der Waals surface area (Å²) in [6, 6.07) is 0. The summed E-state index contributed by atoms with van der Waals surface area (Å²) in [4.78, 5) is 57.3. The summed E-state index contributed by atoms with van der Waals surface area (Å²) >= 11 is 0. The number of ether oxygens (including phenoxy) is 4. The molecule has 0 saturated carbocycles. The summed E-state index contributed by atoms with van der Waals surface area (Å²) in [5.74, 6) is -6.02. The van der Waals surface area contributed by atoms with Gasteiger partial charge in [0.1, 0.15) is 5.60 Å². The minimum atomic E-state index is -2.13. The van der Waals surface area contributed by atoms with Crippen molar-refractivity contribution in [1.82, 2.24) is 0 Å². The molecule has 10 heteroatoms. The van der Waals surface area contributed by atoms with Gasteiger partial charge in [0.25, 0.3) is 0 Å². The number of carbonyl (C=O) groups is 5. The SMILES string of the molecule is CC(=O)OC(C(=O)O[C@@H](C)C(=O)OC(C)(C)C)[C@@H](OC(C)=O)C(=O)O. The molecule has 142 valence electrons. The van der Waals surface area contributed by atoms with Crippen LogP contribution >= 0.6 is 0 Å². The van der Waals surface area contributed by atoms with Crippen molar-refractivity contribution in [3.63, 3.8) is 0 Å². The van der Waals surface area contributed by atoms with Gasteiger partial charge in [-0.3, -0.25) is 9.59 Å². The second kappa shape index (κ2) is 9.00. The number of carbonyl (C=O) groups excluding carboxylic acids is 4. The van der Waals surface area contributed by atoms with Crippen LogP contribution in [0.5, 0.6) is 0 Å². The Morgan fingerprint density at radius 2 is 1.24 bits per heavy atom. The zero-order valence-electron chi connectivity index (χ0n) is 14.9. The van der Waals surface area contributed by atoms with Crippen LogP contribution in [0.4, 0.5) is 0 Å². The average molecular weight is 362 g/mol. The van der Waals surface area contributed by atoms with Crippen LogP contribution in [0.15, 0.2) is 0 Å². The third-order valence-corrected chi connectivity index (χ3v) is 2.37. The molecule has 0 saturated heterocycles. The van der Waals surface area contributed by atoms with Crippen LogP contribution in [0.25, 0.3) is 0 Å². The molecule has 0 aromatic rings. The van der Waals surface area contributed by atoms with E-state index in [1.165, 1.54) is 6.92 Å². The van der Waals surface area contributed by atoms with Gasteiger partial charge in [0, 0.05) is 13.8 Å². The molecule has 10 nitrogen and oxygen atoms in total. The topological polar surface area (TPSA) is 142 Å². The first-order valence-corrected chi connectivity index (χ1v) is 7.25. The summed E-state index contributed by atoms with van der Waals surface area (Å²) in [5.41, 5.74) is -0.839. The predicted octanol–water partition coefficient (Wildman–Crippen LogP) is 0.208. The first-order valence-electron chi connectivity index (χ1n) is 7.25. The molecular weight excluding hydrogens is 340 g/mol. The molecule has 0 bridgehead atoms. The molecule has 0 spiro atoms. The lowest BCUT2D eigenvalue weighted by molar-refractivity contribution is -0.194. The Bertz CT molecular complexity index is 545. The van der Waals surface area contributed by atoms with Crippen molar-refractivity contribution in [2.24, 2.45) is 0 Å². The molecular formula is C15H22O10. The number of carboxylic acids is 1. The van der Waals surface area contributed by atoms with Crippen molar-refractivity contribution in [3.05, 3.63) is 0 Å². The van der Waals surface area contributed by atoms with Gasteiger partial charge in [0.15, 0.2) is 6.10 Å². The van der Waals surface area contributed by atoms with Crippen LogP contribution in [0.1, 0.15) is 41.5 Å². The summed E-state index contributed by atoms with van der Waals surface area (Å²) in [7, 11) is 0. The van der Waals surface area contributed by atoms with Crippen molar-refractivity contribution in [3.8, 4) is 0 Å². The van der Waals surface area contributed by atoms with E-state index >= 15 is 0 Å². The highest BCUT2D eigenvalue weighted by atomic mass is 16.6. The maximum atomic E-state index is 12.1. The molecule has 0 radical (unpaired) electrons. The lowest BCUT2D eigenvalue weighted by Gasteiger charge is -2.25. The van der Waals surface area contributed by atoms with Crippen LogP contribution in [0, 0.1) is 0 Å². The van der Waals surface area contributed by atoms with Crippen molar-refractivity contribution in [2.45, 2.75) is 65.5 Å². The monoisotopic (exact) mass is 362 g/mol. The Morgan fingerprint density at radius 3 is 1.60 bits per heavy atom. The zero-order valence-corrected chi connectivity index (χ0v) is 14.9. The van der Waals surface area contributed by atoms with E-state index in [1.54, 1.807) is 20.8 Å². The van der Waals surface area contributed by atoms with E-state index in [2.05, 4.69) is 9.47 Å². The van der Waals surface area contributed by atoms with Crippen LogP contribution in [-0.2, 0) is 42.9 Å². The van der Waals surface area contributed by atoms with Crippen molar-refractivity contribution in [1.29, 1.82) is 0 Å². The highest BCUT2D eigenvalue weighted by molar-refractivity contribution is 5.89. The van der Waals surface area contributed by atoms with Crippen LogP contribution in [0.2, 0.25) is 0 Å². The first kappa shape index (κ1) is 22.4. The van der Waals surface area contributed by atoms with Gasteiger partial charge < -0.3 is 24.1 Å². The van der Waals surface area contributed by atoms with Crippen molar-refractivity contribution in [2.75, 3.05) is 0 Å². The largest absolute Gasteiger partial charge is 0.478 e. The highest BCUT2D eigenvalue weighted by Gasteiger charge is 2.42. The van der Waals surface area contributed by atoms with Gasteiger partial charge in [0.2, 0.25) is 12.2 Å². The Kier molecular flexibility index (Phi) is 8.04. The average Bonchev–Trinajstić information content (AvgIpc) is 2.39. The summed E-state index contributed by atoms with van der Waals surface area (Å²) in [6.07, 6.45) is -5.61. The molecule has 1 unspecified atom stereocenters. The van der Waals surface area contributed by atoms with Crippen molar-refractivity contribution >= 4 is 29.8 Å². The second-order valence-electron chi connectivity index (χ2n) is 6.01. The van der Waals surface area contributed by atoms with E-state index < -0.39 is 53.8 Å². The molecule has 0 fully saturated rings. The normalized spacial score (nSPS) is 14.5. The Hall–Kier alpha value is -2.65. The minimum Gasteiger partial charge on any atom is -0.478 e. The molecule has 0 aliphatic carbocycles. The van der Waals surface area contributed by atoms with Gasteiger partial charge >= 0.3 is 29.8 Å². The molecule has 0 amide bonds. The van der Waals surface area contributed by atoms with Crippen LogP contribution in [-0.4, -0.2) is 58.9 Å². The van der Waals surface area contributed by atoms with E-state index in [0.29, 0.717) is 0 Å². The standard InChI is InChI=1S/C15H22O10/c1-7(13(20)25-15(4,5)6)22-14(21)11(24-9(3)17)10(12(18)19)23-8(2)16/h7,10-11H,1-6H3,(H,18,19)/t7-,10+,11?/m0/s1. The summed E-state index contributed by atoms with van der Waals surface area (Å²) in [6.45, 7) is 7.82. The minimum absolute atomic E-state index is 0.839. The summed E-state index contributed by atoms with van der Waals surface area (Å²) < 4.78 is 18.9. The van der Waals surface area contributed by atoms with E-state index in [-0.39, 0.29) is 0 Å². The smallest absolute Gasteiger partial charge is 0.352 e. The molecule has 25 heavy (non-hydrogen) atoms. The molecule has 1 N–H and O–H groups in total. The molecule has 0 aromatic heterocycles. The lowest BCUT2D eigenvalue weighted by atomic mass is 10.2. The molecule has 0 heterocycles. The number of hydrogen-bond donors (Lipinski definition) is 1. The third-order valence-electron chi connectivity index (χ3n) is 2.37. The summed E-state index contributed by atoms with van der Waals surface area (Å²) in [5, 5.41) is 9.08. The second-order valence-corrected chi connectivity index (χ2v) is 6.01. The van der Waals surface area contributed by atoms with E-state index in [4.69, 9.17) is 14.6 Å². The fourth-order valence-corrected chi connectivity index (χ4v) is 1.51. The quantitative estimate of drug-likeness (QED) is 0.493. The third kappa shape index (κ3) is 8.68. The van der Waals surface area contributed by atoms with Crippen molar-refractivity contribution < 1.29 is 48.0 Å². The maximum Gasteiger partial charge on any atom is 0.352 e. The van der Waals surface area contributed by atoms with Crippen LogP contribution in [0.3, 0.4) is 0 Å². The van der Waals surface area contributed by atoms with Gasteiger partial charge in [-0.1, -0.05) is 0 Å². The molecule has 3 atom stereocenters. The molecule has 0 aromatic carbocycles. The van der Waals surface area contributed by atoms with Gasteiger partial charge in [-0.15, -0.1) is 0 Å². The molecule has 0 rings (SSSR count). The van der Waals surface area contributed by atoms with Gasteiger partial charge in [-0.2, -0.15) is 0 Å². The number of carboxylic acid groups (broad SMARTS) is 1. The highest BCUT2D eigenvalue weighted by Crippen LogP contribution is 2.13. The van der Waals surface area contributed by atoms with Gasteiger partial charge in [-0.25, -0.2) is 14.4 Å². The fraction of sp³-hybridized carbons (Fsp3) is 0.667. The van der Waals surface area contributed by atoms with Crippen LogP contribution < -0.4 is 0 Å². The van der Waals surface area contributed by atoms with Gasteiger partial charge in [0.05, 0.1) is 0 Å². The Morgan fingerprint density at radius 1 is 0.800 bits per heavy atom. The zero-order chi connectivity index (χ0) is 19.9. The number of esters is 4. The van der Waals surface area contributed by atoms with E-state index in [9.17, 15) is 24.0 Å². The predicted molar refractivity (Wildman–Crippen MR) is 80.1 cm³/mol. The number of aliphatic carboxylic acids is 1. The van der Waals surface area contributed by atoms with E-state index in [1.807, 2.05) is 0 Å². The number of hydrogen-bond acceptors (Lipinski definition) is 9. The van der Waals surface area contributed by atoms with Gasteiger partial charge in [-0.05, 0) is 27.7 Å². The lowest BCUT2D eigenvalue weighted by Crippen LogP contribution is -2.47. The Balaban J connectivity index is 5.29. The molecule has 0 aliphatic heterocycles. The number of rotatable bonds is 7. The van der Waals surface area contributed by atoms with E-state index in [0.717, 1.165) is 13.8 Å². The Labute approximate surface area is 144 Å². The fourth-order valence-electron chi connectivity index (χ4n) is 1.51. The maximum absolute atomic E-state index is 12.1. The first-order chi connectivity index (χ1) is 11.2. The molecule has 0 aliphatic rings.